The molecule has 0 saturated heterocycles. The van der Waals surface area contributed by atoms with Crippen LogP contribution in [0.5, 0.6) is 11.5 Å². The molecule has 3 aromatic carbocycles. The molecular weight excluding hydrogens is 450 g/mol. The van der Waals surface area contributed by atoms with Crippen molar-refractivity contribution in [3.63, 3.8) is 0 Å². The summed E-state index contributed by atoms with van der Waals surface area (Å²) >= 11 is 0. The predicted molar refractivity (Wildman–Crippen MR) is 130 cm³/mol. The van der Waals surface area contributed by atoms with Gasteiger partial charge >= 0.3 is 6.03 Å². The first-order chi connectivity index (χ1) is 16.9. The normalized spacial score (nSPS) is 17.7. The van der Waals surface area contributed by atoms with Crippen molar-refractivity contribution in [2.45, 2.75) is 11.5 Å². The number of carbonyl (C=O) groups is 2. The zero-order chi connectivity index (χ0) is 25.0. The Labute approximate surface area is 201 Å². The van der Waals surface area contributed by atoms with Crippen LogP contribution in [0.2, 0.25) is 0 Å². The third kappa shape index (κ3) is 4.39. The average Bonchev–Trinajstić information content (AvgIpc) is 3.16. The molecule has 0 bridgehead atoms. The maximum Gasteiger partial charge on any atom is 0.349 e. The molecule has 0 aliphatic carbocycles. The van der Waals surface area contributed by atoms with Gasteiger partial charge in [0.1, 0.15) is 11.5 Å². The van der Waals surface area contributed by atoms with Crippen LogP contribution in [0.1, 0.15) is 22.6 Å². The molecule has 10 heteroatoms. The van der Waals surface area contributed by atoms with Gasteiger partial charge in [-0.05, 0) is 53.6 Å². The van der Waals surface area contributed by atoms with Crippen LogP contribution >= 0.6 is 0 Å². The number of hydrogen-bond donors (Lipinski definition) is 5. The fourth-order valence-corrected chi connectivity index (χ4v) is 4.15. The minimum Gasteiger partial charge on any atom is -0.497 e. The number of hydrazine groups is 1. The monoisotopic (exact) mass is 475 g/mol. The molecule has 0 unspecified atom stereocenters. The second-order valence-electron chi connectivity index (χ2n) is 7.78. The van der Waals surface area contributed by atoms with Crippen LogP contribution in [0, 0.1) is 0 Å². The molecule has 6 N–H and O–H groups in total. The Morgan fingerprint density at radius 3 is 2.20 bits per heavy atom. The van der Waals surface area contributed by atoms with Crippen molar-refractivity contribution in [2.24, 2.45) is 10.9 Å². The van der Waals surface area contributed by atoms with Gasteiger partial charge in [-0.3, -0.25) is 10.2 Å². The number of urea groups is 1. The quantitative estimate of drug-likeness (QED) is 0.153. The molecule has 4 rings (SSSR count). The summed E-state index contributed by atoms with van der Waals surface area (Å²) in [7, 11) is 3.08. The van der Waals surface area contributed by atoms with Gasteiger partial charge in [0.05, 0.1) is 25.8 Å². The first-order valence-electron chi connectivity index (χ1n) is 10.7. The lowest BCUT2D eigenvalue weighted by Crippen LogP contribution is -2.45. The minimum atomic E-state index is -2.05. The molecule has 1 aliphatic rings. The summed E-state index contributed by atoms with van der Waals surface area (Å²) in [6.45, 7) is 0. The standard InChI is InChI=1S/C25H25N5O5/c1-34-17-11-7-15(8-12-17)21(25(33)19-5-3-4-6-20(19)27-23(25)31)22(29-30-24(32)28-26)16-9-13-18(35-2)14-10-16/h3-14,21,33H,26H2,1-2H3,(H,27,31)(H2,28,30,32)/b29-22-/t21-,25-/m0/s1. The zero-order valence-corrected chi connectivity index (χ0v) is 19.1. The van der Waals surface area contributed by atoms with E-state index in [1.54, 1.807) is 87.0 Å². The van der Waals surface area contributed by atoms with E-state index >= 15 is 0 Å². The molecular formula is C25H25N5O5. The highest BCUT2D eigenvalue weighted by atomic mass is 16.5. The molecule has 1 heterocycles. The molecule has 10 nitrogen and oxygen atoms in total. The Balaban J connectivity index is 1.96. The Kier molecular flexibility index (Phi) is 6.67. The van der Waals surface area contributed by atoms with E-state index in [1.807, 2.05) is 5.43 Å². The van der Waals surface area contributed by atoms with Crippen molar-refractivity contribution in [1.82, 2.24) is 10.9 Å². The van der Waals surface area contributed by atoms with E-state index in [0.717, 1.165) is 0 Å². The number of rotatable bonds is 7. The van der Waals surface area contributed by atoms with Crippen molar-refractivity contribution < 1.29 is 24.2 Å². The number of fused-ring (bicyclic) bond motifs is 1. The van der Waals surface area contributed by atoms with E-state index < -0.39 is 23.5 Å². The maximum atomic E-state index is 13.3. The fourth-order valence-electron chi connectivity index (χ4n) is 4.15. The van der Waals surface area contributed by atoms with Crippen molar-refractivity contribution in [3.8, 4) is 11.5 Å². The SMILES string of the molecule is COc1ccc(/C(=N/NC(=O)NN)[C@H](c2ccc(OC)cc2)[C@]2(O)C(=O)Nc3ccccc32)cc1. The number of para-hydroxylation sites is 1. The predicted octanol–water partition coefficient (Wildman–Crippen LogP) is 2.20. The number of nitrogens with zero attached hydrogens (tertiary/aromatic N) is 1. The van der Waals surface area contributed by atoms with Gasteiger partial charge in [0.15, 0.2) is 5.60 Å². The van der Waals surface area contributed by atoms with Crippen LogP contribution < -0.4 is 31.5 Å². The van der Waals surface area contributed by atoms with Gasteiger partial charge in [-0.1, -0.05) is 30.3 Å². The Bertz CT molecular complexity index is 1260. The summed E-state index contributed by atoms with van der Waals surface area (Å²) in [6, 6.07) is 19.9. The summed E-state index contributed by atoms with van der Waals surface area (Å²) in [5.41, 5.74) is 4.41. The summed E-state index contributed by atoms with van der Waals surface area (Å²) in [4.78, 5) is 25.3. The number of benzene rings is 3. The van der Waals surface area contributed by atoms with Gasteiger partial charge in [-0.2, -0.15) is 5.10 Å². The van der Waals surface area contributed by atoms with Crippen LogP contribution in [0.3, 0.4) is 0 Å². The number of hydrazone groups is 1. The van der Waals surface area contributed by atoms with Gasteiger partial charge in [0.25, 0.3) is 5.91 Å². The van der Waals surface area contributed by atoms with Gasteiger partial charge in [0, 0.05) is 11.3 Å². The van der Waals surface area contributed by atoms with E-state index in [4.69, 9.17) is 15.3 Å². The van der Waals surface area contributed by atoms with Gasteiger partial charge in [0.2, 0.25) is 0 Å². The number of nitrogens with one attached hydrogen (secondary N) is 3. The van der Waals surface area contributed by atoms with Gasteiger partial charge in [-0.15, -0.1) is 0 Å². The molecule has 1 aliphatic heterocycles. The second-order valence-corrected chi connectivity index (χ2v) is 7.78. The van der Waals surface area contributed by atoms with E-state index in [1.165, 1.54) is 0 Å². The molecule has 0 radical (unpaired) electrons. The van der Waals surface area contributed by atoms with E-state index in [0.29, 0.717) is 33.9 Å². The lowest BCUT2D eigenvalue weighted by atomic mass is 9.73. The molecule has 3 amide bonds. The fraction of sp³-hybridized carbons (Fsp3) is 0.160. The Hall–Kier alpha value is -4.41. The first-order valence-corrected chi connectivity index (χ1v) is 10.7. The minimum absolute atomic E-state index is 0.218. The highest BCUT2D eigenvalue weighted by Gasteiger charge is 2.53. The number of anilines is 1. The lowest BCUT2D eigenvalue weighted by molar-refractivity contribution is -0.134. The van der Waals surface area contributed by atoms with Gasteiger partial charge < -0.3 is 19.9 Å². The Morgan fingerprint density at radius 1 is 1.00 bits per heavy atom. The lowest BCUT2D eigenvalue weighted by Gasteiger charge is -2.33. The molecule has 0 aromatic heterocycles. The van der Waals surface area contributed by atoms with Gasteiger partial charge in [-0.25, -0.2) is 16.1 Å². The van der Waals surface area contributed by atoms with Crippen LogP contribution in [0.4, 0.5) is 10.5 Å². The van der Waals surface area contributed by atoms with Crippen molar-refractivity contribution in [3.05, 3.63) is 89.5 Å². The Morgan fingerprint density at radius 2 is 1.60 bits per heavy atom. The molecule has 0 fully saturated rings. The summed E-state index contributed by atoms with van der Waals surface area (Å²) in [5.74, 6) is 4.75. The molecule has 3 aromatic rings. The summed E-state index contributed by atoms with van der Waals surface area (Å²) in [5, 5.41) is 19.2. The smallest absolute Gasteiger partial charge is 0.349 e. The highest BCUT2D eigenvalue weighted by Crippen LogP contribution is 2.47. The van der Waals surface area contributed by atoms with Crippen LogP contribution in [-0.2, 0) is 10.4 Å². The number of nitrogens with two attached hydrogens (primary N) is 1. The molecule has 0 saturated carbocycles. The summed E-state index contributed by atoms with van der Waals surface area (Å²) in [6.07, 6.45) is 0. The molecule has 180 valence electrons. The topological polar surface area (TPSA) is 147 Å². The largest absolute Gasteiger partial charge is 0.497 e. The van der Waals surface area contributed by atoms with Crippen LogP contribution in [0.25, 0.3) is 0 Å². The highest BCUT2D eigenvalue weighted by molar-refractivity contribution is 6.14. The van der Waals surface area contributed by atoms with Crippen molar-refractivity contribution in [2.75, 3.05) is 19.5 Å². The number of hydrogen-bond acceptors (Lipinski definition) is 7. The number of methoxy groups -OCH3 is 2. The van der Waals surface area contributed by atoms with E-state index in [9.17, 15) is 14.7 Å². The van der Waals surface area contributed by atoms with Crippen molar-refractivity contribution in [1.29, 1.82) is 0 Å². The number of ether oxygens (including phenoxy) is 2. The number of amides is 3. The maximum absolute atomic E-state index is 13.3. The molecule has 35 heavy (non-hydrogen) atoms. The number of carbonyl (C=O) groups excluding carboxylic acids is 2. The third-order valence-electron chi connectivity index (χ3n) is 5.87. The molecule has 0 spiro atoms. The molecule has 2 atom stereocenters. The first kappa shape index (κ1) is 23.7. The van der Waals surface area contributed by atoms with Crippen LogP contribution in [-0.4, -0.2) is 37.0 Å². The van der Waals surface area contributed by atoms with Crippen molar-refractivity contribution >= 4 is 23.3 Å². The second kappa shape index (κ2) is 9.84. The van der Waals surface area contributed by atoms with Crippen LogP contribution in [0.15, 0.2) is 77.9 Å². The van der Waals surface area contributed by atoms with E-state index in [-0.39, 0.29) is 5.71 Å². The average molecular weight is 476 g/mol. The zero-order valence-electron chi connectivity index (χ0n) is 19.1. The third-order valence-corrected chi connectivity index (χ3v) is 5.87. The van der Waals surface area contributed by atoms with E-state index in [2.05, 4.69) is 15.8 Å². The number of aliphatic hydroxyl groups is 1. The summed E-state index contributed by atoms with van der Waals surface area (Å²) < 4.78 is 10.5.